The summed E-state index contributed by atoms with van der Waals surface area (Å²) in [6.45, 7) is 0. The predicted octanol–water partition coefficient (Wildman–Crippen LogP) is 2.19. The summed E-state index contributed by atoms with van der Waals surface area (Å²) >= 11 is 5.70. The van der Waals surface area contributed by atoms with Crippen molar-refractivity contribution in [2.75, 3.05) is 0 Å². The summed E-state index contributed by atoms with van der Waals surface area (Å²) in [4.78, 5) is 3.77. The molecule has 0 aliphatic heterocycles. The van der Waals surface area contributed by atoms with Gasteiger partial charge in [-0.25, -0.2) is 0 Å². The van der Waals surface area contributed by atoms with Crippen LogP contribution in [-0.2, 0) is 0 Å². The summed E-state index contributed by atoms with van der Waals surface area (Å²) in [5.41, 5.74) is 0.841. The fourth-order valence-electron chi connectivity index (χ4n) is 0.860. The predicted molar refractivity (Wildman–Crippen MR) is 43.6 cm³/mol. The molecule has 1 heterocycles. The molecule has 0 spiro atoms. The van der Waals surface area contributed by atoms with Crippen LogP contribution in [0.15, 0.2) is 28.8 Å². The van der Waals surface area contributed by atoms with Gasteiger partial charge in [-0.05, 0) is 24.3 Å². The van der Waals surface area contributed by atoms with Gasteiger partial charge in [0.15, 0.2) is 0 Å². The van der Waals surface area contributed by atoms with Gasteiger partial charge < -0.3 is 4.52 Å². The highest BCUT2D eigenvalue weighted by Gasteiger charge is 2.01. The first kappa shape index (κ1) is 7.31. The van der Waals surface area contributed by atoms with E-state index in [0.29, 0.717) is 10.9 Å². The Bertz CT molecular complexity index is 355. The van der Waals surface area contributed by atoms with Crippen molar-refractivity contribution in [3.8, 4) is 11.5 Å². The van der Waals surface area contributed by atoms with Crippen molar-refractivity contribution in [1.82, 2.24) is 10.1 Å². The van der Waals surface area contributed by atoms with Crippen molar-refractivity contribution in [3.05, 3.63) is 35.6 Å². The van der Waals surface area contributed by atoms with E-state index in [1.165, 1.54) is 0 Å². The maximum atomic E-state index is 5.70. The van der Waals surface area contributed by atoms with E-state index < -0.39 is 0 Å². The van der Waals surface area contributed by atoms with Crippen LogP contribution in [-0.4, -0.2) is 10.1 Å². The van der Waals surface area contributed by atoms with Crippen LogP contribution in [0.25, 0.3) is 11.5 Å². The lowest BCUT2D eigenvalue weighted by Gasteiger charge is -1.92. The number of aromatic nitrogens is 2. The SMILES string of the molecule is Clc1ccc(-c2n[c]no2)cc1. The van der Waals surface area contributed by atoms with Gasteiger partial charge in [-0.1, -0.05) is 16.8 Å². The van der Waals surface area contributed by atoms with Crippen LogP contribution in [0.1, 0.15) is 0 Å². The molecular weight excluding hydrogens is 176 g/mol. The van der Waals surface area contributed by atoms with Crippen molar-refractivity contribution < 1.29 is 4.52 Å². The minimum Gasteiger partial charge on any atom is -0.333 e. The number of hydrogen-bond acceptors (Lipinski definition) is 3. The Kier molecular flexibility index (Phi) is 1.80. The molecular formula is C8H4ClN2O. The third-order valence-corrected chi connectivity index (χ3v) is 1.67. The smallest absolute Gasteiger partial charge is 0.258 e. The average Bonchev–Trinajstić information content (AvgIpc) is 2.58. The molecule has 1 aromatic heterocycles. The summed E-state index contributed by atoms with van der Waals surface area (Å²) < 4.78 is 4.80. The number of rotatable bonds is 1. The van der Waals surface area contributed by atoms with E-state index in [1.54, 1.807) is 12.1 Å². The maximum absolute atomic E-state index is 5.70. The van der Waals surface area contributed by atoms with Gasteiger partial charge >= 0.3 is 0 Å². The lowest BCUT2D eigenvalue weighted by molar-refractivity contribution is 0.429. The number of benzene rings is 1. The highest BCUT2D eigenvalue weighted by atomic mass is 35.5. The molecule has 0 saturated carbocycles. The third kappa shape index (κ3) is 1.31. The molecule has 59 valence electrons. The van der Waals surface area contributed by atoms with E-state index in [1.807, 2.05) is 12.1 Å². The number of hydrogen-bond donors (Lipinski definition) is 0. The molecule has 0 aliphatic rings. The quantitative estimate of drug-likeness (QED) is 0.674. The van der Waals surface area contributed by atoms with Gasteiger partial charge in [0.05, 0.1) is 0 Å². The zero-order valence-corrected chi connectivity index (χ0v) is 6.75. The summed E-state index contributed by atoms with van der Waals surface area (Å²) in [6, 6.07) is 7.15. The van der Waals surface area contributed by atoms with Crippen LogP contribution >= 0.6 is 11.6 Å². The second kappa shape index (κ2) is 2.95. The van der Waals surface area contributed by atoms with E-state index in [0.717, 1.165) is 5.56 Å². The van der Waals surface area contributed by atoms with Crippen LogP contribution < -0.4 is 0 Å². The Morgan fingerprint density at radius 1 is 1.25 bits per heavy atom. The van der Waals surface area contributed by atoms with Crippen molar-refractivity contribution in [2.45, 2.75) is 0 Å². The molecule has 0 amide bonds. The largest absolute Gasteiger partial charge is 0.333 e. The van der Waals surface area contributed by atoms with Crippen LogP contribution in [0, 0.1) is 6.33 Å². The standard InChI is InChI=1S/C8H4ClN2O/c9-7-3-1-6(2-4-7)8-10-5-11-12-8/h1-4H. The molecule has 12 heavy (non-hydrogen) atoms. The molecule has 0 fully saturated rings. The summed E-state index contributed by atoms with van der Waals surface area (Å²) in [6.07, 6.45) is 2.34. The molecule has 0 aliphatic carbocycles. The third-order valence-electron chi connectivity index (χ3n) is 1.42. The lowest BCUT2D eigenvalue weighted by Crippen LogP contribution is -1.74. The molecule has 4 heteroatoms. The molecule has 2 aromatic rings. The van der Waals surface area contributed by atoms with Gasteiger partial charge in [-0.15, -0.1) is 0 Å². The van der Waals surface area contributed by atoms with Gasteiger partial charge in [0, 0.05) is 10.6 Å². The monoisotopic (exact) mass is 179 g/mol. The van der Waals surface area contributed by atoms with E-state index >= 15 is 0 Å². The Balaban J connectivity index is 2.43. The average molecular weight is 180 g/mol. The Morgan fingerprint density at radius 2 is 2.00 bits per heavy atom. The minimum atomic E-state index is 0.451. The first-order chi connectivity index (χ1) is 5.86. The summed E-state index contributed by atoms with van der Waals surface area (Å²) in [7, 11) is 0. The van der Waals surface area contributed by atoms with E-state index in [9.17, 15) is 0 Å². The first-order valence-electron chi connectivity index (χ1n) is 3.32. The first-order valence-corrected chi connectivity index (χ1v) is 3.70. The van der Waals surface area contributed by atoms with Crippen molar-refractivity contribution in [2.24, 2.45) is 0 Å². The van der Waals surface area contributed by atoms with Gasteiger partial charge in [0.2, 0.25) is 6.33 Å². The Hall–Kier alpha value is -1.35. The molecule has 3 nitrogen and oxygen atoms in total. The van der Waals surface area contributed by atoms with Crippen molar-refractivity contribution in [3.63, 3.8) is 0 Å². The summed E-state index contributed by atoms with van der Waals surface area (Å²) in [5, 5.41) is 4.06. The van der Waals surface area contributed by atoms with Gasteiger partial charge in [0.1, 0.15) is 0 Å². The van der Waals surface area contributed by atoms with Crippen molar-refractivity contribution in [1.29, 1.82) is 0 Å². The zero-order valence-electron chi connectivity index (χ0n) is 5.99. The maximum Gasteiger partial charge on any atom is 0.258 e. The van der Waals surface area contributed by atoms with E-state index in [2.05, 4.69) is 16.5 Å². The molecule has 1 aromatic carbocycles. The Labute approximate surface area is 74.0 Å². The van der Waals surface area contributed by atoms with Gasteiger partial charge in [-0.2, -0.15) is 4.98 Å². The lowest BCUT2D eigenvalue weighted by atomic mass is 10.2. The van der Waals surface area contributed by atoms with Crippen LogP contribution in [0.5, 0.6) is 0 Å². The van der Waals surface area contributed by atoms with Gasteiger partial charge in [-0.3, -0.25) is 0 Å². The van der Waals surface area contributed by atoms with Gasteiger partial charge in [0.25, 0.3) is 5.89 Å². The fraction of sp³-hybridized carbons (Fsp3) is 0. The summed E-state index contributed by atoms with van der Waals surface area (Å²) in [5.74, 6) is 0.451. The van der Waals surface area contributed by atoms with E-state index in [-0.39, 0.29) is 0 Å². The molecule has 0 unspecified atom stereocenters. The molecule has 1 radical (unpaired) electrons. The normalized spacial score (nSPS) is 10.1. The second-order valence-corrected chi connectivity index (χ2v) is 2.64. The fourth-order valence-corrected chi connectivity index (χ4v) is 0.986. The molecule has 0 bridgehead atoms. The molecule has 0 atom stereocenters. The highest BCUT2D eigenvalue weighted by Crippen LogP contribution is 2.18. The highest BCUT2D eigenvalue weighted by molar-refractivity contribution is 6.30. The number of halogens is 1. The number of nitrogens with zero attached hydrogens (tertiary/aromatic N) is 2. The second-order valence-electron chi connectivity index (χ2n) is 2.21. The molecule has 2 rings (SSSR count). The Morgan fingerprint density at radius 3 is 2.58 bits per heavy atom. The van der Waals surface area contributed by atoms with Crippen molar-refractivity contribution >= 4 is 11.6 Å². The topological polar surface area (TPSA) is 38.9 Å². The minimum absolute atomic E-state index is 0.451. The van der Waals surface area contributed by atoms with E-state index in [4.69, 9.17) is 16.1 Å². The van der Waals surface area contributed by atoms with Crippen LogP contribution in [0.3, 0.4) is 0 Å². The molecule has 0 N–H and O–H groups in total. The van der Waals surface area contributed by atoms with Crippen LogP contribution in [0.2, 0.25) is 5.02 Å². The zero-order chi connectivity index (χ0) is 8.39. The molecule has 0 saturated heterocycles. The van der Waals surface area contributed by atoms with Crippen LogP contribution in [0.4, 0.5) is 0 Å².